The van der Waals surface area contributed by atoms with Gasteiger partial charge in [0, 0.05) is 42.7 Å². The SMILES string of the molecule is O=C(C[C@@H](O)C([O-])[C@H](O)CO)NCCCCCCCCCCC(=O)Nc1ccccc1[C@@H](Nc1ccccn1)[C@@H](Cc1ccccc1)c1ccccn1. The largest absolute Gasteiger partial charge is 0.848 e. The van der Waals surface area contributed by atoms with E-state index in [4.69, 9.17) is 10.1 Å². The lowest BCUT2D eigenvalue weighted by atomic mass is 9.84. The molecule has 6 N–H and O–H groups in total. The van der Waals surface area contributed by atoms with Gasteiger partial charge in [-0.1, -0.05) is 105 Å². The average Bonchev–Trinajstić information content (AvgIpc) is 3.19. The van der Waals surface area contributed by atoms with Gasteiger partial charge in [-0.15, -0.1) is 0 Å². The van der Waals surface area contributed by atoms with Crippen molar-refractivity contribution in [1.82, 2.24) is 15.3 Å². The number of benzene rings is 2. The third-order valence-corrected chi connectivity index (χ3v) is 9.30. The zero-order valence-electron chi connectivity index (χ0n) is 30.4. The van der Waals surface area contributed by atoms with Crippen molar-refractivity contribution in [3.63, 3.8) is 0 Å². The number of amides is 2. The Labute approximate surface area is 312 Å². The maximum Gasteiger partial charge on any atom is 0.224 e. The number of carbonyl (C=O) groups excluding carboxylic acids is 2. The lowest BCUT2D eigenvalue weighted by Gasteiger charge is -2.31. The number of anilines is 2. The Kier molecular flexibility index (Phi) is 17.9. The molecule has 0 spiro atoms. The van der Waals surface area contributed by atoms with Gasteiger partial charge in [-0.05, 0) is 60.7 Å². The predicted octanol–water partition coefficient (Wildman–Crippen LogP) is 5.06. The number of aromatic nitrogens is 2. The minimum atomic E-state index is -1.82. The molecule has 53 heavy (non-hydrogen) atoms. The fourth-order valence-electron chi connectivity index (χ4n) is 6.39. The molecule has 0 saturated carbocycles. The molecule has 0 bridgehead atoms. The van der Waals surface area contributed by atoms with E-state index in [0.29, 0.717) is 13.0 Å². The summed E-state index contributed by atoms with van der Waals surface area (Å²) in [7, 11) is 0. The number of aliphatic hydroxyl groups excluding tert-OH is 3. The van der Waals surface area contributed by atoms with E-state index in [0.717, 1.165) is 80.6 Å². The summed E-state index contributed by atoms with van der Waals surface area (Å²) >= 11 is 0. The summed E-state index contributed by atoms with van der Waals surface area (Å²) < 4.78 is 0. The van der Waals surface area contributed by atoms with E-state index in [1.54, 1.807) is 6.20 Å². The molecule has 2 heterocycles. The highest BCUT2D eigenvalue weighted by Gasteiger charge is 2.29. The zero-order chi connectivity index (χ0) is 37.7. The number of hydrogen-bond acceptors (Lipinski definition) is 9. The summed E-state index contributed by atoms with van der Waals surface area (Å²) in [6.07, 6.45) is 7.06. The van der Waals surface area contributed by atoms with Gasteiger partial charge in [0.2, 0.25) is 11.8 Å². The van der Waals surface area contributed by atoms with E-state index in [1.807, 2.05) is 72.9 Å². The Morgan fingerprint density at radius 2 is 1.34 bits per heavy atom. The number of nitrogens with zero attached hydrogens (tertiary/aromatic N) is 2. The maximum absolute atomic E-state index is 13.3. The Morgan fingerprint density at radius 1 is 0.698 bits per heavy atom. The third-order valence-electron chi connectivity index (χ3n) is 9.30. The van der Waals surface area contributed by atoms with Crippen LogP contribution in [0.4, 0.5) is 11.5 Å². The molecule has 0 aliphatic heterocycles. The van der Waals surface area contributed by atoms with Crippen molar-refractivity contribution in [3.05, 3.63) is 120 Å². The molecule has 11 heteroatoms. The molecule has 5 atom stereocenters. The Bertz CT molecular complexity index is 1610. The number of carbonyl (C=O) groups is 2. The van der Waals surface area contributed by atoms with Crippen LogP contribution in [0.1, 0.15) is 93.0 Å². The van der Waals surface area contributed by atoms with Gasteiger partial charge in [0.15, 0.2) is 0 Å². The van der Waals surface area contributed by atoms with Gasteiger partial charge in [0.1, 0.15) is 5.82 Å². The van der Waals surface area contributed by atoms with Crippen LogP contribution in [0.2, 0.25) is 0 Å². The number of rotatable bonds is 24. The van der Waals surface area contributed by atoms with Crippen molar-refractivity contribution >= 4 is 23.3 Å². The Morgan fingerprint density at radius 3 is 2.02 bits per heavy atom. The van der Waals surface area contributed by atoms with Crippen molar-refractivity contribution in [2.45, 2.75) is 101 Å². The summed E-state index contributed by atoms with van der Waals surface area (Å²) in [4.78, 5) is 34.5. The molecule has 284 valence electrons. The standard InChI is InChI=1S/C42H54N5O6/c48-30-37(50)42(53)36(49)29-40(52)45-27-15-6-4-2-1-3-5-10-24-39(51)46-35-22-12-11-20-32(35)41(47-38-23-14-17-26-44-38)33(34-21-13-16-25-43-34)28-31-18-8-7-9-19-31/h7-9,11-14,16-23,25-26,33,36-37,41-42,48-50H,1-6,10,15,24,27-30H2,(H,44,47)(H,45,52)(H,46,51)/q-1/t33-,36+,37+,41+,42?/m0/s1. The first-order chi connectivity index (χ1) is 25.9. The van der Waals surface area contributed by atoms with Gasteiger partial charge in [0.05, 0.1) is 31.3 Å². The molecule has 2 aromatic heterocycles. The van der Waals surface area contributed by atoms with Gasteiger partial charge in [0.25, 0.3) is 0 Å². The molecule has 2 amide bonds. The van der Waals surface area contributed by atoms with E-state index in [-0.39, 0.29) is 17.9 Å². The molecule has 11 nitrogen and oxygen atoms in total. The predicted molar refractivity (Wildman–Crippen MR) is 205 cm³/mol. The minimum Gasteiger partial charge on any atom is -0.848 e. The summed E-state index contributed by atoms with van der Waals surface area (Å²) in [5, 5.41) is 49.1. The van der Waals surface area contributed by atoms with Crippen LogP contribution in [-0.4, -0.2) is 68.6 Å². The molecular weight excluding hydrogens is 670 g/mol. The van der Waals surface area contributed by atoms with Crippen LogP contribution in [0.3, 0.4) is 0 Å². The highest BCUT2D eigenvalue weighted by molar-refractivity contribution is 5.91. The van der Waals surface area contributed by atoms with Crippen LogP contribution >= 0.6 is 0 Å². The van der Waals surface area contributed by atoms with Crippen LogP contribution in [0.25, 0.3) is 0 Å². The fraction of sp³-hybridized carbons (Fsp3) is 0.429. The molecule has 1 unspecified atom stereocenters. The molecule has 0 aliphatic carbocycles. The van der Waals surface area contributed by atoms with Crippen LogP contribution in [0.5, 0.6) is 0 Å². The molecular formula is C42H54N5O6-. The van der Waals surface area contributed by atoms with Gasteiger partial charge in [-0.3, -0.25) is 14.6 Å². The lowest BCUT2D eigenvalue weighted by Crippen LogP contribution is -2.50. The van der Waals surface area contributed by atoms with Gasteiger partial charge in [-0.2, -0.15) is 0 Å². The Hall–Kier alpha value is -4.68. The van der Waals surface area contributed by atoms with Crippen LogP contribution < -0.4 is 21.1 Å². The maximum atomic E-state index is 13.3. The molecule has 4 aromatic rings. The van der Waals surface area contributed by atoms with Crippen molar-refractivity contribution in [3.8, 4) is 0 Å². The number of aliphatic hydroxyl groups is 3. The van der Waals surface area contributed by atoms with E-state index >= 15 is 0 Å². The molecule has 0 aliphatic rings. The molecule has 0 radical (unpaired) electrons. The highest BCUT2D eigenvalue weighted by Crippen LogP contribution is 2.38. The summed E-state index contributed by atoms with van der Waals surface area (Å²) in [6.45, 7) is -0.304. The Balaban J connectivity index is 1.24. The number of pyridine rings is 2. The minimum absolute atomic E-state index is 0.0172. The van der Waals surface area contributed by atoms with Crippen molar-refractivity contribution in [2.75, 3.05) is 23.8 Å². The first-order valence-corrected chi connectivity index (χ1v) is 18.8. The summed E-state index contributed by atoms with van der Waals surface area (Å²) in [6, 6.07) is 29.8. The number of unbranched alkanes of at least 4 members (excludes halogenated alkanes) is 7. The third kappa shape index (κ3) is 14.3. The number of nitrogens with one attached hydrogen (secondary N) is 3. The second-order valence-electron chi connectivity index (χ2n) is 13.4. The van der Waals surface area contributed by atoms with Gasteiger partial charge >= 0.3 is 0 Å². The number of para-hydroxylation sites is 1. The van der Waals surface area contributed by atoms with Crippen LogP contribution in [0.15, 0.2) is 103 Å². The lowest BCUT2D eigenvalue weighted by molar-refractivity contribution is -0.455. The zero-order valence-corrected chi connectivity index (χ0v) is 30.4. The first kappa shape index (κ1) is 41.1. The summed E-state index contributed by atoms with van der Waals surface area (Å²) in [5.41, 5.74) is 3.86. The van der Waals surface area contributed by atoms with Crippen LogP contribution in [0, 0.1) is 0 Å². The molecule has 0 saturated heterocycles. The second-order valence-corrected chi connectivity index (χ2v) is 13.4. The van der Waals surface area contributed by atoms with Gasteiger partial charge in [-0.25, -0.2) is 4.98 Å². The molecule has 2 aromatic carbocycles. The topological polar surface area (TPSA) is 180 Å². The van der Waals surface area contributed by atoms with Gasteiger partial charge < -0.3 is 36.4 Å². The van der Waals surface area contributed by atoms with E-state index < -0.39 is 37.2 Å². The van der Waals surface area contributed by atoms with Crippen molar-refractivity contribution < 1.29 is 30.0 Å². The molecule has 4 rings (SSSR count). The summed E-state index contributed by atoms with van der Waals surface area (Å²) in [5.74, 6) is 0.205. The first-order valence-electron chi connectivity index (χ1n) is 18.8. The second kappa shape index (κ2) is 23.1. The number of hydrogen-bond donors (Lipinski definition) is 6. The van der Waals surface area contributed by atoms with Crippen molar-refractivity contribution in [2.24, 2.45) is 0 Å². The molecule has 0 fully saturated rings. The van der Waals surface area contributed by atoms with Crippen LogP contribution in [-0.2, 0) is 16.0 Å². The fourth-order valence-corrected chi connectivity index (χ4v) is 6.39. The van der Waals surface area contributed by atoms with E-state index in [2.05, 4.69) is 45.2 Å². The highest BCUT2D eigenvalue weighted by atomic mass is 16.4. The normalized spacial score (nSPS) is 14.0. The smallest absolute Gasteiger partial charge is 0.224 e. The average molecular weight is 725 g/mol. The van der Waals surface area contributed by atoms with Crippen molar-refractivity contribution in [1.29, 1.82) is 0 Å². The quantitative estimate of drug-likeness (QED) is 0.0539. The van der Waals surface area contributed by atoms with E-state index in [9.17, 15) is 24.9 Å². The monoisotopic (exact) mass is 724 g/mol. The van der Waals surface area contributed by atoms with E-state index in [1.165, 1.54) is 5.56 Å².